The number of phenolic OH excluding ortho intramolecular Hbond substituents is 1. The number of benzene rings is 4. The van der Waals surface area contributed by atoms with E-state index in [0.29, 0.717) is 27.7 Å². The monoisotopic (exact) mass is 603 g/mol. The standard InChI is InChI=1S/C32H25N7O6/c1-18-8-4-7-11-24(18)36-31(41)23-15-27(21-9-5-6-10-22(21)29(23)40)45-26-13-12-20(39(43)44)14-25(26)37(3)32(42)38-17-35-28-19(2)33-16-34-30(28)38/h4-17,40H,1-3H3,(H,36,41). The highest BCUT2D eigenvalue weighted by atomic mass is 16.6. The zero-order chi connectivity index (χ0) is 31.8. The Balaban J connectivity index is 1.44. The van der Waals surface area contributed by atoms with Gasteiger partial charge in [0.15, 0.2) is 11.4 Å². The second-order valence-corrected chi connectivity index (χ2v) is 10.2. The summed E-state index contributed by atoms with van der Waals surface area (Å²) in [7, 11) is 1.43. The van der Waals surface area contributed by atoms with Crippen molar-refractivity contribution in [2.75, 3.05) is 17.3 Å². The van der Waals surface area contributed by atoms with E-state index in [1.54, 1.807) is 43.3 Å². The number of carbonyl (C=O) groups is 2. The zero-order valence-electron chi connectivity index (χ0n) is 24.3. The number of fused-ring (bicyclic) bond motifs is 2. The quantitative estimate of drug-likeness (QED) is 0.163. The molecule has 0 fully saturated rings. The van der Waals surface area contributed by atoms with Crippen LogP contribution in [0.4, 0.5) is 21.9 Å². The molecule has 13 heteroatoms. The molecular formula is C32H25N7O6. The summed E-state index contributed by atoms with van der Waals surface area (Å²) in [6, 6.07) is 18.6. The molecule has 2 N–H and O–H groups in total. The summed E-state index contributed by atoms with van der Waals surface area (Å²) in [5, 5.41) is 26.5. The third-order valence-electron chi connectivity index (χ3n) is 7.36. The average molecular weight is 604 g/mol. The predicted molar refractivity (Wildman–Crippen MR) is 167 cm³/mol. The van der Waals surface area contributed by atoms with Crippen molar-refractivity contribution in [3.05, 3.63) is 112 Å². The van der Waals surface area contributed by atoms with Gasteiger partial charge >= 0.3 is 6.03 Å². The van der Waals surface area contributed by atoms with Crippen LogP contribution in [0.1, 0.15) is 21.6 Å². The van der Waals surface area contributed by atoms with Crippen molar-refractivity contribution >= 4 is 50.9 Å². The first-order valence-electron chi connectivity index (χ1n) is 13.6. The van der Waals surface area contributed by atoms with Gasteiger partial charge in [-0.15, -0.1) is 0 Å². The topological polar surface area (TPSA) is 166 Å². The molecule has 6 aromatic rings. The fourth-order valence-electron chi connectivity index (χ4n) is 4.93. The number of carbonyl (C=O) groups excluding carboxylic acids is 2. The van der Waals surface area contributed by atoms with Gasteiger partial charge in [-0.05, 0) is 37.6 Å². The first-order chi connectivity index (χ1) is 21.6. The maximum absolute atomic E-state index is 13.7. The van der Waals surface area contributed by atoms with E-state index >= 15 is 0 Å². The van der Waals surface area contributed by atoms with Crippen molar-refractivity contribution in [2.24, 2.45) is 0 Å². The number of hydrogen-bond donors (Lipinski definition) is 2. The maximum Gasteiger partial charge on any atom is 0.335 e. The number of nitro benzene ring substituents is 1. The molecule has 0 aliphatic heterocycles. The molecule has 0 atom stereocenters. The Morgan fingerprint density at radius 1 is 0.956 bits per heavy atom. The molecule has 6 rings (SSSR count). The average Bonchev–Trinajstić information content (AvgIpc) is 3.48. The van der Waals surface area contributed by atoms with E-state index in [0.717, 1.165) is 5.56 Å². The second-order valence-electron chi connectivity index (χ2n) is 10.2. The minimum absolute atomic E-state index is 0.0558. The molecule has 0 unspecified atom stereocenters. The van der Waals surface area contributed by atoms with Crippen molar-refractivity contribution in [3.63, 3.8) is 0 Å². The summed E-state index contributed by atoms with van der Waals surface area (Å²) < 4.78 is 7.52. The van der Waals surface area contributed by atoms with Crippen molar-refractivity contribution < 1.29 is 24.4 Å². The first kappa shape index (κ1) is 28.7. The van der Waals surface area contributed by atoms with Gasteiger partial charge in [0.1, 0.15) is 29.7 Å². The van der Waals surface area contributed by atoms with Crippen LogP contribution in [0.25, 0.3) is 21.9 Å². The van der Waals surface area contributed by atoms with Gasteiger partial charge in [-0.3, -0.25) is 19.8 Å². The molecular weight excluding hydrogens is 578 g/mol. The Morgan fingerprint density at radius 2 is 1.69 bits per heavy atom. The molecule has 45 heavy (non-hydrogen) atoms. The van der Waals surface area contributed by atoms with Gasteiger partial charge in [-0.2, -0.15) is 0 Å². The zero-order valence-corrected chi connectivity index (χ0v) is 24.3. The normalized spacial score (nSPS) is 11.0. The van der Waals surface area contributed by atoms with Crippen LogP contribution in [-0.4, -0.2) is 48.5 Å². The maximum atomic E-state index is 13.7. The Morgan fingerprint density at radius 3 is 2.44 bits per heavy atom. The van der Waals surface area contributed by atoms with Gasteiger partial charge in [-0.1, -0.05) is 42.5 Å². The number of nitro groups is 1. The van der Waals surface area contributed by atoms with Crippen LogP contribution in [-0.2, 0) is 0 Å². The second kappa shape index (κ2) is 11.4. The smallest absolute Gasteiger partial charge is 0.335 e. The van der Waals surface area contributed by atoms with Crippen LogP contribution in [0, 0.1) is 24.0 Å². The molecule has 0 aliphatic rings. The lowest BCUT2D eigenvalue weighted by molar-refractivity contribution is -0.384. The van der Waals surface area contributed by atoms with Crippen LogP contribution in [0.15, 0.2) is 85.5 Å². The largest absolute Gasteiger partial charge is 0.506 e. The Bertz CT molecular complexity index is 2160. The summed E-state index contributed by atoms with van der Waals surface area (Å²) in [4.78, 5) is 51.9. The number of non-ortho nitro benzene ring substituents is 1. The highest BCUT2D eigenvalue weighted by Gasteiger charge is 2.25. The summed E-state index contributed by atoms with van der Waals surface area (Å²) in [6.07, 6.45) is 2.61. The Hall–Kier alpha value is -6.37. The predicted octanol–water partition coefficient (Wildman–Crippen LogP) is 6.36. The van der Waals surface area contributed by atoms with Gasteiger partial charge in [0.05, 0.1) is 21.9 Å². The number of amides is 2. The van der Waals surface area contributed by atoms with Crippen LogP contribution >= 0.6 is 0 Å². The first-order valence-corrected chi connectivity index (χ1v) is 13.6. The number of anilines is 2. The summed E-state index contributed by atoms with van der Waals surface area (Å²) >= 11 is 0. The number of nitrogens with zero attached hydrogens (tertiary/aromatic N) is 6. The van der Waals surface area contributed by atoms with Gasteiger partial charge in [0.25, 0.3) is 11.6 Å². The molecule has 224 valence electrons. The van der Waals surface area contributed by atoms with E-state index in [-0.39, 0.29) is 39.8 Å². The Kier molecular flexibility index (Phi) is 7.26. The van der Waals surface area contributed by atoms with E-state index in [1.807, 2.05) is 19.1 Å². The third-order valence-corrected chi connectivity index (χ3v) is 7.36. The van der Waals surface area contributed by atoms with Crippen molar-refractivity contribution in [1.29, 1.82) is 0 Å². The highest BCUT2D eigenvalue weighted by molar-refractivity contribution is 6.11. The fraction of sp³-hybridized carbons (Fsp3) is 0.0938. The SMILES string of the molecule is Cc1ccccc1NC(=O)c1cc(Oc2ccc([N+](=O)[O-])cc2N(C)C(=O)n2cnc3c(C)ncnc32)c2ccccc2c1O. The number of nitrogens with one attached hydrogen (secondary N) is 1. The lowest BCUT2D eigenvalue weighted by Gasteiger charge is -2.21. The molecule has 0 saturated heterocycles. The van der Waals surface area contributed by atoms with Crippen LogP contribution in [0.3, 0.4) is 0 Å². The molecule has 0 spiro atoms. The van der Waals surface area contributed by atoms with Gasteiger partial charge in [0.2, 0.25) is 0 Å². The minimum atomic E-state index is -0.616. The highest BCUT2D eigenvalue weighted by Crippen LogP contribution is 2.42. The van der Waals surface area contributed by atoms with E-state index in [1.165, 1.54) is 53.4 Å². The van der Waals surface area contributed by atoms with Crippen molar-refractivity contribution in [3.8, 4) is 17.2 Å². The molecule has 13 nitrogen and oxygen atoms in total. The lowest BCUT2D eigenvalue weighted by Crippen LogP contribution is -2.31. The molecule has 2 aromatic heterocycles. The molecule has 2 heterocycles. The van der Waals surface area contributed by atoms with Crippen molar-refractivity contribution in [1.82, 2.24) is 19.5 Å². The number of para-hydroxylation sites is 1. The molecule has 0 saturated carbocycles. The summed E-state index contributed by atoms with van der Waals surface area (Å²) in [5.74, 6) is -0.569. The van der Waals surface area contributed by atoms with Gasteiger partial charge < -0.3 is 15.2 Å². The van der Waals surface area contributed by atoms with Gasteiger partial charge in [-0.25, -0.2) is 24.3 Å². The number of phenols is 1. The minimum Gasteiger partial charge on any atom is -0.506 e. The fourth-order valence-corrected chi connectivity index (χ4v) is 4.93. The number of aromatic nitrogens is 4. The van der Waals surface area contributed by atoms with E-state index < -0.39 is 16.9 Å². The Labute approximate surface area is 255 Å². The number of imidazole rings is 1. The van der Waals surface area contributed by atoms with Gasteiger partial charge in [0, 0.05) is 35.6 Å². The number of rotatable bonds is 6. The molecule has 0 aliphatic carbocycles. The third kappa shape index (κ3) is 5.22. The van der Waals surface area contributed by atoms with Crippen LogP contribution in [0.2, 0.25) is 0 Å². The lowest BCUT2D eigenvalue weighted by atomic mass is 10.0. The van der Waals surface area contributed by atoms with E-state index in [2.05, 4.69) is 20.3 Å². The molecule has 2 amide bonds. The number of hydrogen-bond acceptors (Lipinski definition) is 9. The van der Waals surface area contributed by atoms with E-state index in [9.17, 15) is 24.8 Å². The molecule has 4 aromatic carbocycles. The summed E-state index contributed by atoms with van der Waals surface area (Å²) in [5.41, 5.74) is 2.41. The van der Waals surface area contributed by atoms with Crippen LogP contribution < -0.4 is 15.0 Å². The molecule has 0 bridgehead atoms. The van der Waals surface area contributed by atoms with Crippen LogP contribution in [0.5, 0.6) is 17.2 Å². The number of aromatic hydroxyl groups is 1. The van der Waals surface area contributed by atoms with Crippen molar-refractivity contribution in [2.45, 2.75) is 13.8 Å². The number of aryl methyl sites for hydroxylation is 2. The molecule has 0 radical (unpaired) electrons. The van der Waals surface area contributed by atoms with E-state index in [4.69, 9.17) is 4.74 Å². The summed E-state index contributed by atoms with van der Waals surface area (Å²) in [6.45, 7) is 3.58. The number of ether oxygens (including phenoxy) is 1.